The van der Waals surface area contributed by atoms with Crippen LogP contribution < -0.4 is 10.1 Å². The van der Waals surface area contributed by atoms with E-state index in [0.29, 0.717) is 29.2 Å². The van der Waals surface area contributed by atoms with E-state index in [1.54, 1.807) is 33.8 Å². The van der Waals surface area contributed by atoms with Crippen LogP contribution in [0.3, 0.4) is 0 Å². The van der Waals surface area contributed by atoms with Gasteiger partial charge >= 0.3 is 5.97 Å². The molecule has 0 saturated carbocycles. The second-order valence-electron chi connectivity index (χ2n) is 9.21. The molecule has 2 aromatic heterocycles. The molecule has 1 N–H and O–H groups in total. The van der Waals surface area contributed by atoms with Gasteiger partial charge in [0, 0.05) is 6.20 Å². The zero-order valence-corrected chi connectivity index (χ0v) is 22.5. The van der Waals surface area contributed by atoms with Crippen molar-refractivity contribution < 1.29 is 19.1 Å². The van der Waals surface area contributed by atoms with Gasteiger partial charge in [0.1, 0.15) is 5.75 Å². The number of rotatable bonds is 9. The fourth-order valence-electron chi connectivity index (χ4n) is 4.41. The lowest BCUT2D eigenvalue weighted by Crippen LogP contribution is -2.15. The summed E-state index contributed by atoms with van der Waals surface area (Å²) in [7, 11) is 1.35. The van der Waals surface area contributed by atoms with Crippen LogP contribution in [0.2, 0.25) is 0 Å². The van der Waals surface area contributed by atoms with E-state index in [0.717, 1.165) is 22.4 Å². The van der Waals surface area contributed by atoms with Crippen LogP contribution in [0.1, 0.15) is 37.8 Å². The highest BCUT2D eigenvalue weighted by Crippen LogP contribution is 2.24. The Bertz CT molecular complexity index is 1640. The van der Waals surface area contributed by atoms with Gasteiger partial charge in [-0.15, -0.1) is 0 Å². The van der Waals surface area contributed by atoms with Crippen LogP contribution in [0.4, 0.5) is 5.69 Å². The maximum atomic E-state index is 13.0. The van der Waals surface area contributed by atoms with Crippen molar-refractivity contribution in [1.82, 2.24) is 19.6 Å². The highest BCUT2D eigenvalue weighted by Gasteiger charge is 2.19. The zero-order valence-electron chi connectivity index (χ0n) is 22.5. The molecule has 9 nitrogen and oxygen atoms in total. The van der Waals surface area contributed by atoms with Crippen molar-refractivity contribution in [1.29, 1.82) is 0 Å². The summed E-state index contributed by atoms with van der Waals surface area (Å²) in [6.07, 6.45) is 1.69. The predicted molar refractivity (Wildman–Crippen MR) is 151 cm³/mol. The molecule has 0 saturated heterocycles. The number of aryl methyl sites for hydroxylation is 1. The first-order valence-electron chi connectivity index (χ1n) is 12.8. The minimum absolute atomic E-state index is 0.160. The van der Waals surface area contributed by atoms with Gasteiger partial charge in [0.05, 0.1) is 36.3 Å². The summed E-state index contributed by atoms with van der Waals surface area (Å²) in [6.45, 7) is 4.20. The highest BCUT2D eigenvalue weighted by molar-refractivity contribution is 6.03. The van der Waals surface area contributed by atoms with E-state index < -0.39 is 5.97 Å². The molecule has 0 aliphatic rings. The number of anilines is 1. The Kier molecular flexibility index (Phi) is 7.72. The molecule has 0 atom stereocenters. The molecule has 0 aliphatic heterocycles. The number of carbonyl (C=O) groups is 2. The second-order valence-corrected chi connectivity index (χ2v) is 9.21. The average Bonchev–Trinajstić information content (AvgIpc) is 3.57. The third kappa shape index (κ3) is 5.78. The van der Waals surface area contributed by atoms with Crippen molar-refractivity contribution in [3.8, 4) is 16.9 Å². The molecular weight excluding hydrogens is 506 g/mol. The molecule has 9 heteroatoms. The third-order valence-corrected chi connectivity index (χ3v) is 6.56. The van der Waals surface area contributed by atoms with Crippen LogP contribution in [0.15, 0.2) is 91.1 Å². The van der Waals surface area contributed by atoms with Gasteiger partial charge in [0.2, 0.25) is 0 Å². The molecule has 0 aliphatic carbocycles. The standard InChI is InChI=1S/C31H29N5O4/c1-21-29(22(2)36(33-21)19-25-11-7-8-12-27(25)31(38)39-3)32-30(37)28-17-18-35(34-28)20-40-26-15-13-24(14-16-26)23-9-5-4-6-10-23/h4-18H,19-20H2,1-3H3,(H,32,37). The Labute approximate surface area is 232 Å². The molecule has 0 fully saturated rings. The molecular formula is C31H29N5O4. The van der Waals surface area contributed by atoms with Gasteiger partial charge in [-0.25, -0.2) is 9.48 Å². The summed E-state index contributed by atoms with van der Waals surface area (Å²) in [6, 6.07) is 26.8. The zero-order chi connectivity index (χ0) is 28.1. The van der Waals surface area contributed by atoms with Crippen LogP contribution in [0.25, 0.3) is 11.1 Å². The minimum Gasteiger partial charge on any atom is -0.471 e. The molecule has 1 amide bonds. The van der Waals surface area contributed by atoms with Gasteiger partial charge in [0.15, 0.2) is 12.4 Å². The summed E-state index contributed by atoms with van der Waals surface area (Å²) in [5.41, 5.74) is 5.76. The van der Waals surface area contributed by atoms with Gasteiger partial charge in [-0.2, -0.15) is 10.2 Å². The van der Waals surface area contributed by atoms with Crippen molar-refractivity contribution in [2.75, 3.05) is 12.4 Å². The summed E-state index contributed by atoms with van der Waals surface area (Å²) in [5.74, 6) is -0.0604. The van der Waals surface area contributed by atoms with Crippen molar-refractivity contribution >= 4 is 17.6 Å². The quantitative estimate of drug-likeness (QED) is 0.251. The number of ether oxygens (including phenoxy) is 2. The summed E-state index contributed by atoms with van der Waals surface area (Å²) in [5, 5.41) is 11.9. The number of benzene rings is 3. The first kappa shape index (κ1) is 26.4. The fraction of sp³-hybridized carbons (Fsp3) is 0.161. The predicted octanol–water partition coefficient (Wildman–Crippen LogP) is 5.49. The van der Waals surface area contributed by atoms with E-state index >= 15 is 0 Å². The molecule has 0 spiro atoms. The van der Waals surface area contributed by atoms with Gasteiger partial charge in [-0.3, -0.25) is 9.48 Å². The Morgan fingerprint density at radius 3 is 2.30 bits per heavy atom. The lowest BCUT2D eigenvalue weighted by Gasteiger charge is -2.10. The molecule has 3 aromatic carbocycles. The summed E-state index contributed by atoms with van der Waals surface area (Å²) >= 11 is 0. The normalized spacial score (nSPS) is 10.8. The Morgan fingerprint density at radius 2 is 1.55 bits per heavy atom. The number of nitrogens with zero attached hydrogens (tertiary/aromatic N) is 4. The summed E-state index contributed by atoms with van der Waals surface area (Å²) < 4.78 is 14.1. The largest absolute Gasteiger partial charge is 0.471 e. The van der Waals surface area contributed by atoms with Crippen LogP contribution in [0, 0.1) is 13.8 Å². The SMILES string of the molecule is COC(=O)c1ccccc1Cn1nc(C)c(NC(=O)c2ccn(COc3ccc(-c4ccccc4)cc3)n2)c1C. The number of nitrogens with one attached hydrogen (secondary N) is 1. The fourth-order valence-corrected chi connectivity index (χ4v) is 4.41. The molecule has 5 rings (SSSR count). The molecule has 0 unspecified atom stereocenters. The maximum absolute atomic E-state index is 13.0. The Morgan fingerprint density at radius 1 is 0.850 bits per heavy atom. The molecule has 40 heavy (non-hydrogen) atoms. The van der Waals surface area contributed by atoms with E-state index in [2.05, 4.69) is 27.6 Å². The number of hydrogen-bond acceptors (Lipinski definition) is 6. The Hall–Kier alpha value is -5.18. The smallest absolute Gasteiger partial charge is 0.338 e. The summed E-state index contributed by atoms with van der Waals surface area (Å²) in [4.78, 5) is 25.2. The van der Waals surface area contributed by atoms with Crippen molar-refractivity contribution in [3.63, 3.8) is 0 Å². The van der Waals surface area contributed by atoms with Crippen LogP contribution in [-0.2, 0) is 18.0 Å². The molecule has 5 aromatic rings. The molecule has 0 radical (unpaired) electrons. The van der Waals surface area contributed by atoms with E-state index in [4.69, 9.17) is 9.47 Å². The van der Waals surface area contributed by atoms with E-state index in [-0.39, 0.29) is 18.3 Å². The average molecular weight is 536 g/mol. The van der Waals surface area contributed by atoms with Crippen molar-refractivity contribution in [2.24, 2.45) is 0 Å². The maximum Gasteiger partial charge on any atom is 0.338 e. The van der Waals surface area contributed by atoms with Gasteiger partial charge in [0.25, 0.3) is 5.91 Å². The van der Waals surface area contributed by atoms with Gasteiger partial charge < -0.3 is 14.8 Å². The minimum atomic E-state index is -0.408. The second kappa shape index (κ2) is 11.7. The lowest BCUT2D eigenvalue weighted by atomic mass is 10.1. The lowest BCUT2D eigenvalue weighted by molar-refractivity contribution is 0.0599. The number of methoxy groups -OCH3 is 1. The molecule has 202 valence electrons. The number of esters is 1. The topological polar surface area (TPSA) is 100 Å². The van der Waals surface area contributed by atoms with Gasteiger partial charge in [-0.05, 0) is 54.8 Å². The van der Waals surface area contributed by atoms with Crippen molar-refractivity contribution in [2.45, 2.75) is 27.1 Å². The molecule has 0 bridgehead atoms. The number of aromatic nitrogens is 4. The van der Waals surface area contributed by atoms with E-state index in [1.165, 1.54) is 7.11 Å². The van der Waals surface area contributed by atoms with E-state index in [1.807, 2.05) is 68.4 Å². The van der Waals surface area contributed by atoms with Crippen LogP contribution >= 0.6 is 0 Å². The van der Waals surface area contributed by atoms with Crippen LogP contribution in [-0.4, -0.2) is 38.5 Å². The third-order valence-electron chi connectivity index (χ3n) is 6.56. The van der Waals surface area contributed by atoms with Gasteiger partial charge in [-0.1, -0.05) is 60.7 Å². The number of amides is 1. The Balaban J connectivity index is 1.22. The first-order valence-corrected chi connectivity index (χ1v) is 12.8. The number of hydrogen-bond donors (Lipinski definition) is 1. The monoisotopic (exact) mass is 535 g/mol. The van der Waals surface area contributed by atoms with Crippen LogP contribution in [0.5, 0.6) is 5.75 Å². The first-order chi connectivity index (χ1) is 19.4. The number of carbonyl (C=O) groups excluding carboxylic acids is 2. The van der Waals surface area contributed by atoms with E-state index in [9.17, 15) is 9.59 Å². The molecule has 2 heterocycles. The highest BCUT2D eigenvalue weighted by atomic mass is 16.5. The van der Waals surface area contributed by atoms with Crippen molar-refractivity contribution in [3.05, 3.63) is 119 Å².